The molecule has 3 aliphatic rings. The van der Waals surface area contributed by atoms with Crippen LogP contribution < -0.4 is 10.4 Å². The van der Waals surface area contributed by atoms with Gasteiger partial charge in [0.2, 0.25) is 0 Å². The summed E-state index contributed by atoms with van der Waals surface area (Å²) in [6.07, 6.45) is 11.0. The van der Waals surface area contributed by atoms with Gasteiger partial charge in [-0.2, -0.15) is 0 Å². The van der Waals surface area contributed by atoms with Crippen LogP contribution in [-0.4, -0.2) is 18.6 Å². The molecule has 3 nitrogen and oxygen atoms in total. The molecule has 1 aromatic rings. The summed E-state index contributed by atoms with van der Waals surface area (Å²) in [6.45, 7) is 2.25. The van der Waals surface area contributed by atoms with E-state index < -0.39 is 0 Å². The molecule has 1 saturated heterocycles. The largest absolute Gasteiger partial charge is 0.496 e. The Balaban J connectivity index is 1.71. The molecule has 0 amide bonds. The Labute approximate surface area is 164 Å². The highest BCUT2D eigenvalue weighted by molar-refractivity contribution is 8.16. The first-order valence-electron chi connectivity index (χ1n) is 9.82. The molecule has 142 valence electrons. The Kier molecular flexibility index (Phi) is 5.75. The monoisotopic (exact) mass is 392 g/mol. The molecule has 26 heavy (non-hydrogen) atoms. The first kappa shape index (κ1) is 18.5. The summed E-state index contributed by atoms with van der Waals surface area (Å²) in [5.41, 5.74) is 0.519. The van der Waals surface area contributed by atoms with Gasteiger partial charge in [0.1, 0.15) is 17.1 Å². The molecule has 1 aliphatic heterocycles. The second-order valence-corrected chi connectivity index (χ2v) is 10.5. The average Bonchev–Trinajstić information content (AvgIpc) is 2.68. The molecule has 0 unspecified atom stereocenters. The van der Waals surface area contributed by atoms with E-state index >= 15 is 0 Å². The maximum Gasteiger partial charge on any atom is 0.344 e. The number of allylic oxidation sites excluding steroid dienone is 2. The van der Waals surface area contributed by atoms with Crippen LogP contribution in [0.15, 0.2) is 27.4 Å². The van der Waals surface area contributed by atoms with E-state index in [-0.39, 0.29) is 16.1 Å². The van der Waals surface area contributed by atoms with Crippen LogP contribution in [0, 0.1) is 17.8 Å². The molecular formula is C21H28O3S2. The molecule has 0 spiro atoms. The number of hydrogen-bond donors (Lipinski definition) is 0. The van der Waals surface area contributed by atoms with Crippen LogP contribution in [0.2, 0.25) is 0 Å². The fourth-order valence-corrected chi connectivity index (χ4v) is 7.82. The fraction of sp³-hybridized carbons (Fsp3) is 0.667. The number of methoxy groups -OCH3 is 1. The first-order valence-corrected chi connectivity index (χ1v) is 11.9. The summed E-state index contributed by atoms with van der Waals surface area (Å²) < 4.78 is 11.8. The standard InChI is InChI=1S/C21H28O3S2/c1-13-8-9-14-6-3-4-7-15(14)18(13)17-12-16(23-2)19(20(22)24-17)21-25-10-5-11-26-21/h8-9,12-15,18,21H,3-7,10-11H2,1-2H3/t13-,14+,15-,18-/m1/s1. The van der Waals surface area contributed by atoms with Crippen LogP contribution in [0.3, 0.4) is 0 Å². The van der Waals surface area contributed by atoms with Crippen molar-refractivity contribution < 1.29 is 9.15 Å². The van der Waals surface area contributed by atoms with E-state index in [4.69, 9.17) is 9.15 Å². The zero-order valence-corrected chi connectivity index (χ0v) is 17.2. The lowest BCUT2D eigenvalue weighted by Crippen LogP contribution is -2.32. The van der Waals surface area contributed by atoms with Gasteiger partial charge in [0, 0.05) is 12.0 Å². The Hall–Kier alpha value is -0.810. The van der Waals surface area contributed by atoms with Crippen LogP contribution in [0.5, 0.6) is 5.75 Å². The molecule has 2 aliphatic carbocycles. The van der Waals surface area contributed by atoms with Gasteiger partial charge in [-0.05, 0) is 48.5 Å². The molecule has 2 heterocycles. The average molecular weight is 393 g/mol. The third kappa shape index (κ3) is 3.49. The van der Waals surface area contributed by atoms with Gasteiger partial charge in [0.25, 0.3) is 0 Å². The molecule has 0 radical (unpaired) electrons. The highest BCUT2D eigenvalue weighted by Gasteiger charge is 2.39. The van der Waals surface area contributed by atoms with Crippen LogP contribution in [0.4, 0.5) is 0 Å². The maximum absolute atomic E-state index is 12.9. The van der Waals surface area contributed by atoms with Gasteiger partial charge < -0.3 is 9.15 Å². The summed E-state index contributed by atoms with van der Waals surface area (Å²) in [5.74, 6) is 5.63. The van der Waals surface area contributed by atoms with Crippen molar-refractivity contribution >= 4 is 23.5 Å². The third-order valence-corrected chi connectivity index (χ3v) is 9.09. The van der Waals surface area contributed by atoms with Crippen LogP contribution in [0.1, 0.15) is 60.9 Å². The summed E-state index contributed by atoms with van der Waals surface area (Å²) in [6, 6.07) is 2.03. The number of ether oxygens (including phenoxy) is 1. The summed E-state index contributed by atoms with van der Waals surface area (Å²) in [7, 11) is 1.67. The Morgan fingerprint density at radius 3 is 2.65 bits per heavy atom. The molecule has 1 saturated carbocycles. The van der Waals surface area contributed by atoms with E-state index in [9.17, 15) is 4.79 Å². The Morgan fingerprint density at radius 2 is 1.88 bits per heavy atom. The van der Waals surface area contributed by atoms with E-state index in [1.807, 2.05) is 29.6 Å². The lowest BCUT2D eigenvalue weighted by Gasteiger charge is -2.40. The highest BCUT2D eigenvalue weighted by atomic mass is 32.2. The highest BCUT2D eigenvalue weighted by Crippen LogP contribution is 2.50. The second kappa shape index (κ2) is 8.05. The van der Waals surface area contributed by atoms with Gasteiger partial charge in [-0.1, -0.05) is 31.9 Å². The minimum atomic E-state index is -0.194. The molecule has 4 atom stereocenters. The predicted octanol–water partition coefficient (Wildman–Crippen LogP) is 5.61. The van der Waals surface area contributed by atoms with Crippen molar-refractivity contribution in [1.29, 1.82) is 0 Å². The van der Waals surface area contributed by atoms with Gasteiger partial charge in [-0.25, -0.2) is 4.79 Å². The van der Waals surface area contributed by atoms with E-state index in [2.05, 4.69) is 19.1 Å². The van der Waals surface area contributed by atoms with Crippen molar-refractivity contribution in [3.8, 4) is 5.75 Å². The second-order valence-electron chi connectivity index (χ2n) is 7.73. The van der Waals surface area contributed by atoms with Crippen molar-refractivity contribution in [2.75, 3.05) is 18.6 Å². The number of rotatable bonds is 3. The molecule has 2 fully saturated rings. The van der Waals surface area contributed by atoms with Crippen LogP contribution in [0.25, 0.3) is 0 Å². The number of fused-ring (bicyclic) bond motifs is 1. The van der Waals surface area contributed by atoms with E-state index in [1.165, 1.54) is 32.1 Å². The lowest BCUT2D eigenvalue weighted by molar-refractivity contribution is 0.178. The maximum atomic E-state index is 12.9. The van der Waals surface area contributed by atoms with Crippen LogP contribution in [-0.2, 0) is 0 Å². The quantitative estimate of drug-likeness (QED) is 0.625. The van der Waals surface area contributed by atoms with Crippen molar-refractivity contribution in [2.45, 2.75) is 49.5 Å². The van der Waals surface area contributed by atoms with Gasteiger partial charge in [-0.15, -0.1) is 23.5 Å². The van der Waals surface area contributed by atoms with Gasteiger partial charge in [-0.3, -0.25) is 0 Å². The Bertz CT molecular complexity index is 720. The van der Waals surface area contributed by atoms with Crippen molar-refractivity contribution in [3.05, 3.63) is 40.0 Å². The SMILES string of the molecule is COc1cc([C@H]2[C@@H]3CCCC[C@H]3C=C[C@H]2C)oc(=O)c1C1SCCCS1. The van der Waals surface area contributed by atoms with E-state index in [1.54, 1.807) is 7.11 Å². The van der Waals surface area contributed by atoms with E-state index in [0.717, 1.165) is 23.0 Å². The van der Waals surface area contributed by atoms with Gasteiger partial charge in [0.05, 0.1) is 11.7 Å². The molecule has 0 N–H and O–H groups in total. The molecule has 5 heteroatoms. The number of thioether (sulfide) groups is 2. The van der Waals surface area contributed by atoms with Gasteiger partial charge in [0.15, 0.2) is 0 Å². The lowest BCUT2D eigenvalue weighted by atomic mass is 9.64. The molecule has 4 rings (SSSR count). The zero-order valence-electron chi connectivity index (χ0n) is 15.6. The first-order chi connectivity index (χ1) is 12.7. The topological polar surface area (TPSA) is 39.4 Å². The minimum absolute atomic E-state index is 0.134. The van der Waals surface area contributed by atoms with E-state index in [0.29, 0.717) is 23.3 Å². The Morgan fingerprint density at radius 1 is 1.12 bits per heavy atom. The number of hydrogen-bond acceptors (Lipinski definition) is 5. The predicted molar refractivity (Wildman–Crippen MR) is 110 cm³/mol. The zero-order chi connectivity index (χ0) is 18.1. The molecule has 0 bridgehead atoms. The summed E-state index contributed by atoms with van der Waals surface area (Å²) >= 11 is 3.66. The van der Waals surface area contributed by atoms with Crippen molar-refractivity contribution in [3.63, 3.8) is 0 Å². The molecule has 1 aromatic heterocycles. The summed E-state index contributed by atoms with van der Waals surface area (Å²) in [5, 5.41) is 0. The van der Waals surface area contributed by atoms with Gasteiger partial charge >= 0.3 is 5.63 Å². The van der Waals surface area contributed by atoms with Crippen molar-refractivity contribution in [1.82, 2.24) is 0 Å². The summed E-state index contributed by atoms with van der Waals surface area (Å²) in [4.78, 5) is 12.9. The third-order valence-electron chi connectivity index (χ3n) is 6.14. The van der Waals surface area contributed by atoms with Crippen LogP contribution >= 0.6 is 23.5 Å². The normalized spacial score (nSPS) is 32.2. The fourth-order valence-electron chi connectivity index (χ4n) is 4.87. The molecule has 0 aromatic carbocycles. The van der Waals surface area contributed by atoms with Crippen molar-refractivity contribution in [2.24, 2.45) is 17.8 Å². The smallest absolute Gasteiger partial charge is 0.344 e. The molecular weight excluding hydrogens is 364 g/mol. The minimum Gasteiger partial charge on any atom is -0.496 e.